The fourth-order valence-corrected chi connectivity index (χ4v) is 4.80. The Morgan fingerprint density at radius 1 is 0.786 bits per heavy atom. The third-order valence-electron chi connectivity index (χ3n) is 5.37. The molecule has 0 saturated carbocycles. The van der Waals surface area contributed by atoms with Crippen molar-refractivity contribution >= 4 is 15.7 Å². The second-order valence-corrected chi connectivity index (χ2v) is 9.55. The number of nitrogens with one attached hydrogen (secondary N) is 1. The first-order valence-corrected chi connectivity index (χ1v) is 12.1. The Labute approximate surface area is 170 Å². The van der Waals surface area contributed by atoms with Crippen molar-refractivity contribution in [1.82, 2.24) is 4.72 Å². The molecule has 0 aromatic heterocycles. The van der Waals surface area contributed by atoms with Crippen LogP contribution < -0.4 is 9.62 Å². The highest BCUT2D eigenvalue weighted by Gasteiger charge is 2.11. The van der Waals surface area contributed by atoms with Crippen molar-refractivity contribution in [3.05, 3.63) is 65.7 Å². The molecule has 1 N–H and O–H groups in total. The van der Waals surface area contributed by atoms with Gasteiger partial charge in [0.15, 0.2) is 0 Å². The number of benzene rings is 2. The lowest BCUT2D eigenvalue weighted by molar-refractivity contribution is 0.578. The van der Waals surface area contributed by atoms with Crippen LogP contribution >= 0.6 is 0 Å². The van der Waals surface area contributed by atoms with Crippen molar-refractivity contribution in [2.24, 2.45) is 0 Å². The molecule has 152 valence electrons. The van der Waals surface area contributed by atoms with Crippen LogP contribution in [0.1, 0.15) is 43.2 Å². The molecule has 1 aliphatic rings. The molecule has 4 nitrogen and oxygen atoms in total. The molecule has 28 heavy (non-hydrogen) atoms. The van der Waals surface area contributed by atoms with Gasteiger partial charge in [0.25, 0.3) is 0 Å². The summed E-state index contributed by atoms with van der Waals surface area (Å²) >= 11 is 0. The zero-order chi connectivity index (χ0) is 19.7. The van der Waals surface area contributed by atoms with Gasteiger partial charge < -0.3 is 4.90 Å². The van der Waals surface area contributed by atoms with E-state index in [2.05, 4.69) is 33.9 Å². The number of hydrogen-bond donors (Lipinski definition) is 1. The lowest BCUT2D eigenvalue weighted by atomic mass is 10.1. The Kier molecular flexibility index (Phi) is 7.92. The van der Waals surface area contributed by atoms with Gasteiger partial charge in [-0.2, -0.15) is 0 Å². The molecule has 3 rings (SSSR count). The van der Waals surface area contributed by atoms with E-state index in [1.165, 1.54) is 36.9 Å². The van der Waals surface area contributed by atoms with Crippen LogP contribution in [0.4, 0.5) is 5.69 Å². The summed E-state index contributed by atoms with van der Waals surface area (Å²) in [6, 6.07) is 18.5. The normalized spacial score (nSPS) is 15.4. The molecule has 1 aliphatic heterocycles. The number of anilines is 1. The third kappa shape index (κ3) is 6.95. The fraction of sp³-hybridized carbons (Fsp3) is 0.478. The lowest BCUT2D eigenvalue weighted by Crippen LogP contribution is -2.28. The summed E-state index contributed by atoms with van der Waals surface area (Å²) in [5.74, 6) is 0.140. The molecule has 1 heterocycles. The number of sulfonamides is 1. The minimum atomic E-state index is -3.22. The van der Waals surface area contributed by atoms with Crippen LogP contribution in [0.5, 0.6) is 0 Å². The third-order valence-corrected chi connectivity index (χ3v) is 6.76. The van der Waals surface area contributed by atoms with Gasteiger partial charge in [0, 0.05) is 25.3 Å². The average Bonchev–Trinajstić information content (AvgIpc) is 3.01. The maximum atomic E-state index is 12.1. The van der Waals surface area contributed by atoms with Crippen LogP contribution in [0, 0.1) is 0 Å². The molecule has 0 amide bonds. The highest BCUT2D eigenvalue weighted by Crippen LogP contribution is 2.20. The van der Waals surface area contributed by atoms with Crippen LogP contribution in [-0.2, 0) is 22.9 Å². The Balaban J connectivity index is 1.38. The van der Waals surface area contributed by atoms with Gasteiger partial charge >= 0.3 is 0 Å². The first kappa shape index (κ1) is 20.9. The van der Waals surface area contributed by atoms with Crippen molar-refractivity contribution in [2.75, 3.05) is 30.3 Å². The first-order chi connectivity index (χ1) is 13.6. The zero-order valence-corrected chi connectivity index (χ0v) is 17.5. The predicted octanol–water partition coefficient (Wildman–Crippen LogP) is 4.16. The van der Waals surface area contributed by atoms with E-state index in [0.717, 1.165) is 31.5 Å². The summed E-state index contributed by atoms with van der Waals surface area (Å²) in [5, 5.41) is 0. The van der Waals surface area contributed by atoms with Gasteiger partial charge in [-0.1, -0.05) is 55.3 Å². The molecule has 0 unspecified atom stereocenters. The van der Waals surface area contributed by atoms with E-state index >= 15 is 0 Å². The molecule has 1 fully saturated rings. The van der Waals surface area contributed by atoms with Crippen LogP contribution in [0.2, 0.25) is 0 Å². The molecule has 1 saturated heterocycles. The molecular formula is C23H32N2O2S. The summed E-state index contributed by atoms with van der Waals surface area (Å²) in [4.78, 5) is 2.48. The molecule has 5 heteroatoms. The minimum Gasteiger partial charge on any atom is -0.372 e. The number of rotatable bonds is 9. The second kappa shape index (κ2) is 10.6. The van der Waals surface area contributed by atoms with Gasteiger partial charge in [-0.25, -0.2) is 13.1 Å². The van der Waals surface area contributed by atoms with Crippen molar-refractivity contribution in [1.29, 1.82) is 0 Å². The van der Waals surface area contributed by atoms with Crippen LogP contribution in [-0.4, -0.2) is 33.8 Å². The van der Waals surface area contributed by atoms with Crippen molar-refractivity contribution < 1.29 is 8.42 Å². The minimum absolute atomic E-state index is 0.140. The molecule has 0 aliphatic carbocycles. The Morgan fingerprint density at radius 3 is 2.11 bits per heavy atom. The standard InChI is InChI=1S/C23H32N2O2S/c26-28(27,20-16-21-9-4-3-5-10-21)24-17-8-11-22-12-14-23(15-13-22)25-18-6-1-2-7-19-25/h3-5,9-10,12-15,24H,1-2,6-8,11,16-20H2. The van der Waals surface area contributed by atoms with Crippen molar-refractivity contribution in [2.45, 2.75) is 44.9 Å². The number of aryl methyl sites for hydroxylation is 2. The average molecular weight is 401 g/mol. The van der Waals surface area contributed by atoms with Crippen LogP contribution in [0.25, 0.3) is 0 Å². The molecule has 2 aromatic rings. The van der Waals surface area contributed by atoms with Gasteiger partial charge in [-0.3, -0.25) is 0 Å². The van der Waals surface area contributed by atoms with E-state index in [0.29, 0.717) is 13.0 Å². The summed E-state index contributed by atoms with van der Waals surface area (Å²) in [6.07, 6.45) is 7.51. The molecule has 2 aromatic carbocycles. The molecule has 0 bridgehead atoms. The van der Waals surface area contributed by atoms with E-state index in [1.807, 2.05) is 30.3 Å². The van der Waals surface area contributed by atoms with E-state index < -0.39 is 10.0 Å². The van der Waals surface area contributed by atoms with E-state index in [9.17, 15) is 8.42 Å². The van der Waals surface area contributed by atoms with Gasteiger partial charge in [0.2, 0.25) is 10.0 Å². The fourth-order valence-electron chi connectivity index (χ4n) is 3.69. The maximum Gasteiger partial charge on any atom is 0.211 e. The second-order valence-electron chi connectivity index (χ2n) is 7.62. The van der Waals surface area contributed by atoms with Crippen LogP contribution in [0.3, 0.4) is 0 Å². The summed E-state index contributed by atoms with van der Waals surface area (Å²) in [6.45, 7) is 2.80. The summed E-state index contributed by atoms with van der Waals surface area (Å²) < 4.78 is 27.0. The monoisotopic (exact) mass is 400 g/mol. The first-order valence-electron chi connectivity index (χ1n) is 10.5. The highest BCUT2D eigenvalue weighted by molar-refractivity contribution is 7.89. The van der Waals surface area contributed by atoms with Gasteiger partial charge in [-0.15, -0.1) is 0 Å². The Morgan fingerprint density at radius 2 is 1.43 bits per heavy atom. The summed E-state index contributed by atoms with van der Waals surface area (Å²) in [7, 11) is -3.22. The Hall–Kier alpha value is -1.85. The largest absolute Gasteiger partial charge is 0.372 e. The molecular weight excluding hydrogens is 368 g/mol. The van der Waals surface area contributed by atoms with Gasteiger partial charge in [-0.05, 0) is 55.4 Å². The summed E-state index contributed by atoms with van der Waals surface area (Å²) in [5.41, 5.74) is 3.63. The van der Waals surface area contributed by atoms with E-state index in [1.54, 1.807) is 0 Å². The SMILES string of the molecule is O=S(=O)(CCc1ccccc1)NCCCc1ccc(N2CCCCCC2)cc1. The van der Waals surface area contributed by atoms with Gasteiger partial charge in [0.1, 0.15) is 0 Å². The lowest BCUT2D eigenvalue weighted by Gasteiger charge is -2.22. The predicted molar refractivity (Wildman–Crippen MR) is 117 cm³/mol. The Bertz CT molecular complexity index is 796. The number of hydrogen-bond acceptors (Lipinski definition) is 3. The van der Waals surface area contributed by atoms with Crippen molar-refractivity contribution in [3.63, 3.8) is 0 Å². The van der Waals surface area contributed by atoms with Gasteiger partial charge in [0.05, 0.1) is 5.75 Å². The molecule has 0 radical (unpaired) electrons. The van der Waals surface area contributed by atoms with Crippen molar-refractivity contribution in [3.8, 4) is 0 Å². The smallest absolute Gasteiger partial charge is 0.211 e. The zero-order valence-electron chi connectivity index (χ0n) is 16.6. The highest BCUT2D eigenvalue weighted by atomic mass is 32.2. The quantitative estimate of drug-likeness (QED) is 0.643. The van der Waals surface area contributed by atoms with Crippen LogP contribution in [0.15, 0.2) is 54.6 Å². The topological polar surface area (TPSA) is 49.4 Å². The molecule has 0 atom stereocenters. The van der Waals surface area contributed by atoms with E-state index in [4.69, 9.17) is 0 Å². The molecule has 0 spiro atoms. The van der Waals surface area contributed by atoms with E-state index in [-0.39, 0.29) is 5.75 Å². The maximum absolute atomic E-state index is 12.1. The number of nitrogens with zero attached hydrogens (tertiary/aromatic N) is 1.